The molecular formula is C14H10N4O3. The summed E-state index contributed by atoms with van der Waals surface area (Å²) in [5.41, 5.74) is 7.16. The Kier molecular flexibility index (Phi) is 3.07. The van der Waals surface area contributed by atoms with Gasteiger partial charge in [0.2, 0.25) is 5.82 Å². The third kappa shape index (κ3) is 2.44. The van der Waals surface area contributed by atoms with Crippen LogP contribution in [0.2, 0.25) is 0 Å². The molecule has 0 aliphatic rings. The van der Waals surface area contributed by atoms with E-state index >= 15 is 0 Å². The van der Waals surface area contributed by atoms with Crippen molar-refractivity contribution in [1.82, 2.24) is 10.1 Å². The molecule has 0 aliphatic carbocycles. The van der Waals surface area contributed by atoms with Crippen molar-refractivity contribution in [2.45, 2.75) is 0 Å². The molecule has 0 amide bonds. The highest BCUT2D eigenvalue weighted by atomic mass is 16.6. The molecule has 0 fully saturated rings. The van der Waals surface area contributed by atoms with Crippen molar-refractivity contribution in [2.24, 2.45) is 0 Å². The van der Waals surface area contributed by atoms with Crippen LogP contribution >= 0.6 is 0 Å². The number of nitro benzene ring substituents is 1. The van der Waals surface area contributed by atoms with Gasteiger partial charge in [-0.3, -0.25) is 10.1 Å². The van der Waals surface area contributed by atoms with Crippen molar-refractivity contribution in [1.29, 1.82) is 0 Å². The number of para-hydroxylation sites is 1. The summed E-state index contributed by atoms with van der Waals surface area (Å²) in [5, 5.41) is 14.8. The number of rotatable bonds is 3. The monoisotopic (exact) mass is 282 g/mol. The lowest BCUT2D eigenvalue weighted by Crippen LogP contribution is -1.92. The maximum absolute atomic E-state index is 11.0. The minimum atomic E-state index is -0.480. The van der Waals surface area contributed by atoms with Gasteiger partial charge in [-0.1, -0.05) is 23.4 Å². The Morgan fingerprint density at radius 2 is 1.95 bits per heavy atom. The summed E-state index contributed by atoms with van der Waals surface area (Å²) in [6, 6.07) is 13.2. The van der Waals surface area contributed by atoms with Gasteiger partial charge in [0.05, 0.1) is 4.92 Å². The van der Waals surface area contributed by atoms with E-state index in [-0.39, 0.29) is 17.4 Å². The third-order valence-electron chi connectivity index (χ3n) is 2.90. The highest BCUT2D eigenvalue weighted by Crippen LogP contribution is 2.29. The second-order valence-corrected chi connectivity index (χ2v) is 4.32. The van der Waals surface area contributed by atoms with E-state index in [0.29, 0.717) is 16.8 Å². The lowest BCUT2D eigenvalue weighted by Gasteiger charge is -1.96. The summed E-state index contributed by atoms with van der Waals surface area (Å²) in [5.74, 6) is 0.426. The standard InChI is InChI=1S/C14H10N4O3/c15-10-5-3-4-9(8-10)14-16-13(17-21-14)11-6-1-2-7-12(11)18(19)20/h1-8H,15H2. The molecule has 0 atom stereocenters. The molecule has 0 bridgehead atoms. The van der Waals surface area contributed by atoms with Gasteiger partial charge in [-0.25, -0.2) is 0 Å². The van der Waals surface area contributed by atoms with Gasteiger partial charge in [-0.2, -0.15) is 4.98 Å². The molecule has 3 aromatic rings. The predicted molar refractivity (Wildman–Crippen MR) is 76.2 cm³/mol. The van der Waals surface area contributed by atoms with Crippen molar-refractivity contribution in [2.75, 3.05) is 5.73 Å². The van der Waals surface area contributed by atoms with Crippen LogP contribution in [0, 0.1) is 10.1 Å². The SMILES string of the molecule is Nc1cccc(-c2nc(-c3ccccc3[N+](=O)[O-])no2)c1. The normalized spacial score (nSPS) is 10.5. The predicted octanol–water partition coefficient (Wildman–Crippen LogP) is 2.89. The Morgan fingerprint density at radius 1 is 1.14 bits per heavy atom. The van der Waals surface area contributed by atoms with Crippen LogP contribution in [0.5, 0.6) is 0 Å². The van der Waals surface area contributed by atoms with Gasteiger partial charge in [0.25, 0.3) is 11.6 Å². The molecule has 7 nitrogen and oxygen atoms in total. The number of aromatic nitrogens is 2. The molecule has 1 heterocycles. The van der Waals surface area contributed by atoms with Crippen molar-refractivity contribution in [3.8, 4) is 22.8 Å². The third-order valence-corrected chi connectivity index (χ3v) is 2.90. The molecule has 3 rings (SSSR count). The topological polar surface area (TPSA) is 108 Å². The second kappa shape index (κ2) is 5.04. The number of benzene rings is 2. The number of nitrogens with zero attached hydrogens (tertiary/aromatic N) is 3. The first kappa shape index (κ1) is 12.8. The number of nitrogens with two attached hydrogens (primary N) is 1. The minimum absolute atomic E-state index is 0.0718. The number of nitro groups is 1. The number of anilines is 1. The summed E-state index contributed by atoms with van der Waals surface area (Å²) in [6.07, 6.45) is 0. The van der Waals surface area contributed by atoms with Gasteiger partial charge >= 0.3 is 0 Å². The van der Waals surface area contributed by atoms with Crippen LogP contribution in [-0.4, -0.2) is 15.1 Å². The number of hydrogen-bond acceptors (Lipinski definition) is 6. The molecule has 0 unspecified atom stereocenters. The highest BCUT2D eigenvalue weighted by Gasteiger charge is 2.19. The molecule has 2 aromatic carbocycles. The fourth-order valence-electron chi connectivity index (χ4n) is 1.94. The van der Waals surface area contributed by atoms with E-state index < -0.39 is 4.92 Å². The molecule has 0 saturated heterocycles. The Bertz CT molecular complexity index is 813. The van der Waals surface area contributed by atoms with Gasteiger partial charge in [-0.05, 0) is 24.3 Å². The van der Waals surface area contributed by atoms with Crippen LogP contribution < -0.4 is 5.73 Å². The molecule has 2 N–H and O–H groups in total. The van der Waals surface area contributed by atoms with Gasteiger partial charge in [0.15, 0.2) is 0 Å². The van der Waals surface area contributed by atoms with Crippen LogP contribution in [0.3, 0.4) is 0 Å². The van der Waals surface area contributed by atoms with E-state index in [4.69, 9.17) is 10.3 Å². The summed E-state index contributed by atoms with van der Waals surface area (Å²) in [4.78, 5) is 14.7. The average molecular weight is 282 g/mol. The van der Waals surface area contributed by atoms with Gasteiger partial charge in [0.1, 0.15) is 5.56 Å². The lowest BCUT2D eigenvalue weighted by atomic mass is 10.1. The Morgan fingerprint density at radius 3 is 2.71 bits per heavy atom. The zero-order valence-electron chi connectivity index (χ0n) is 10.8. The molecule has 1 aromatic heterocycles. The van der Waals surface area contributed by atoms with E-state index in [9.17, 15) is 10.1 Å². The maximum atomic E-state index is 11.0. The molecule has 21 heavy (non-hydrogen) atoms. The molecule has 0 radical (unpaired) electrons. The Hall–Kier alpha value is -3.22. The highest BCUT2D eigenvalue weighted by molar-refractivity contribution is 5.69. The smallest absolute Gasteiger partial charge is 0.280 e. The van der Waals surface area contributed by atoms with Gasteiger partial charge in [0, 0.05) is 17.3 Å². The molecule has 0 spiro atoms. The van der Waals surface area contributed by atoms with Gasteiger partial charge < -0.3 is 10.3 Å². The number of nitrogen functional groups attached to an aromatic ring is 1. The molecule has 0 saturated carbocycles. The fraction of sp³-hybridized carbons (Fsp3) is 0. The summed E-state index contributed by atoms with van der Waals surface area (Å²) < 4.78 is 5.16. The minimum Gasteiger partial charge on any atom is -0.399 e. The van der Waals surface area contributed by atoms with Crippen LogP contribution in [-0.2, 0) is 0 Å². The Labute approximate surface area is 119 Å². The van der Waals surface area contributed by atoms with Crippen LogP contribution in [0.4, 0.5) is 11.4 Å². The summed E-state index contributed by atoms with van der Waals surface area (Å²) in [6.45, 7) is 0. The van der Waals surface area contributed by atoms with E-state index in [1.807, 2.05) is 0 Å². The molecular weight excluding hydrogens is 272 g/mol. The first-order chi connectivity index (χ1) is 10.1. The van der Waals surface area contributed by atoms with Crippen molar-refractivity contribution < 1.29 is 9.45 Å². The first-order valence-corrected chi connectivity index (χ1v) is 6.08. The summed E-state index contributed by atoms with van der Waals surface area (Å²) >= 11 is 0. The second-order valence-electron chi connectivity index (χ2n) is 4.32. The lowest BCUT2D eigenvalue weighted by molar-refractivity contribution is -0.384. The van der Waals surface area contributed by atoms with E-state index in [1.54, 1.807) is 42.5 Å². The zero-order valence-corrected chi connectivity index (χ0v) is 10.8. The zero-order chi connectivity index (χ0) is 14.8. The van der Waals surface area contributed by atoms with Crippen molar-refractivity contribution in [3.63, 3.8) is 0 Å². The van der Waals surface area contributed by atoms with E-state index in [0.717, 1.165) is 0 Å². The van der Waals surface area contributed by atoms with Crippen LogP contribution in [0.15, 0.2) is 53.1 Å². The molecule has 0 aliphatic heterocycles. The van der Waals surface area contributed by atoms with E-state index in [2.05, 4.69) is 10.1 Å². The summed E-state index contributed by atoms with van der Waals surface area (Å²) in [7, 11) is 0. The number of hydrogen-bond donors (Lipinski definition) is 1. The van der Waals surface area contributed by atoms with Gasteiger partial charge in [-0.15, -0.1) is 0 Å². The van der Waals surface area contributed by atoms with Crippen LogP contribution in [0.1, 0.15) is 0 Å². The first-order valence-electron chi connectivity index (χ1n) is 6.08. The largest absolute Gasteiger partial charge is 0.399 e. The molecule has 104 valence electrons. The van der Waals surface area contributed by atoms with Crippen LogP contribution in [0.25, 0.3) is 22.8 Å². The average Bonchev–Trinajstić information content (AvgIpc) is 2.97. The molecule has 7 heteroatoms. The van der Waals surface area contributed by atoms with Crippen molar-refractivity contribution >= 4 is 11.4 Å². The maximum Gasteiger partial charge on any atom is 0.280 e. The fourth-order valence-corrected chi connectivity index (χ4v) is 1.94. The quantitative estimate of drug-likeness (QED) is 0.449. The van der Waals surface area contributed by atoms with Crippen molar-refractivity contribution in [3.05, 3.63) is 58.6 Å². The van der Waals surface area contributed by atoms with E-state index in [1.165, 1.54) is 6.07 Å². The Balaban J connectivity index is 2.05.